The maximum absolute atomic E-state index is 12.4. The Kier molecular flexibility index (Phi) is 5.38. The predicted octanol–water partition coefficient (Wildman–Crippen LogP) is 3.64. The lowest BCUT2D eigenvalue weighted by Gasteiger charge is -2.21. The summed E-state index contributed by atoms with van der Waals surface area (Å²) in [6.45, 7) is 2.64. The number of nitrogens with two attached hydrogens (primary N) is 1. The van der Waals surface area contributed by atoms with E-state index in [1.165, 1.54) is 5.56 Å². The highest BCUT2D eigenvalue weighted by Crippen LogP contribution is 2.19. The van der Waals surface area contributed by atoms with Crippen molar-refractivity contribution in [1.29, 1.82) is 0 Å². The van der Waals surface area contributed by atoms with Gasteiger partial charge in [-0.2, -0.15) is 0 Å². The first-order chi connectivity index (χ1) is 10.2. The molecule has 0 fully saturated rings. The first-order valence-corrected chi connectivity index (χ1v) is 7.40. The van der Waals surface area contributed by atoms with Crippen LogP contribution in [0.3, 0.4) is 0 Å². The molecule has 3 heteroatoms. The average molecular weight is 282 g/mol. The van der Waals surface area contributed by atoms with E-state index in [0.29, 0.717) is 18.7 Å². The molecule has 0 saturated carbocycles. The lowest BCUT2D eigenvalue weighted by atomic mass is 10.1. The van der Waals surface area contributed by atoms with E-state index in [9.17, 15) is 4.79 Å². The molecule has 0 aliphatic carbocycles. The van der Waals surface area contributed by atoms with Crippen LogP contribution in [0.2, 0.25) is 0 Å². The Morgan fingerprint density at radius 1 is 1.10 bits per heavy atom. The maximum Gasteiger partial charge on any atom is 0.226 e. The van der Waals surface area contributed by atoms with E-state index in [2.05, 4.69) is 12.1 Å². The molecule has 3 nitrogen and oxygen atoms in total. The van der Waals surface area contributed by atoms with Crippen molar-refractivity contribution in [1.82, 2.24) is 0 Å². The molecular formula is C18H22N2O. The van der Waals surface area contributed by atoms with Crippen LogP contribution in [0.25, 0.3) is 0 Å². The number of aryl methyl sites for hydroxylation is 1. The van der Waals surface area contributed by atoms with Crippen LogP contribution in [0.1, 0.15) is 25.3 Å². The number of nitrogens with zero attached hydrogens (tertiary/aromatic N) is 1. The molecule has 2 rings (SSSR count). The summed E-state index contributed by atoms with van der Waals surface area (Å²) in [6, 6.07) is 17.7. The van der Waals surface area contributed by atoms with E-state index in [1.807, 2.05) is 49.4 Å². The molecule has 2 aromatic carbocycles. The van der Waals surface area contributed by atoms with Crippen LogP contribution in [0.4, 0.5) is 11.4 Å². The standard InChI is InChI=1S/C18H22N2O/c1-2-20(17-12-7-11-16(19)14-17)18(21)13-6-10-15-8-4-3-5-9-15/h3-5,7-9,11-12,14H,2,6,10,13,19H2,1H3. The van der Waals surface area contributed by atoms with Gasteiger partial charge in [-0.15, -0.1) is 0 Å². The Hall–Kier alpha value is -2.29. The minimum atomic E-state index is 0.152. The highest BCUT2D eigenvalue weighted by Gasteiger charge is 2.13. The van der Waals surface area contributed by atoms with Gasteiger partial charge in [0.05, 0.1) is 0 Å². The fourth-order valence-electron chi connectivity index (χ4n) is 2.42. The van der Waals surface area contributed by atoms with Gasteiger partial charge in [0, 0.05) is 24.3 Å². The summed E-state index contributed by atoms with van der Waals surface area (Å²) in [5, 5.41) is 0. The molecule has 110 valence electrons. The molecule has 0 aliphatic heterocycles. The quantitative estimate of drug-likeness (QED) is 0.822. The van der Waals surface area contributed by atoms with E-state index < -0.39 is 0 Å². The third kappa shape index (κ3) is 4.35. The van der Waals surface area contributed by atoms with Crippen LogP contribution < -0.4 is 10.6 Å². The summed E-state index contributed by atoms with van der Waals surface area (Å²) < 4.78 is 0. The Labute approximate surface area is 126 Å². The van der Waals surface area contributed by atoms with Crippen molar-refractivity contribution in [3.8, 4) is 0 Å². The van der Waals surface area contributed by atoms with Gasteiger partial charge in [0.1, 0.15) is 0 Å². The summed E-state index contributed by atoms with van der Waals surface area (Å²) in [6.07, 6.45) is 2.35. The van der Waals surface area contributed by atoms with Gasteiger partial charge in [0.15, 0.2) is 0 Å². The monoisotopic (exact) mass is 282 g/mol. The number of anilines is 2. The number of carbonyl (C=O) groups is 1. The number of nitrogen functional groups attached to an aromatic ring is 1. The van der Waals surface area contributed by atoms with Crippen molar-refractivity contribution < 1.29 is 4.79 Å². The van der Waals surface area contributed by atoms with Crippen molar-refractivity contribution in [2.24, 2.45) is 0 Å². The largest absolute Gasteiger partial charge is 0.399 e. The second-order valence-electron chi connectivity index (χ2n) is 5.07. The zero-order valence-electron chi connectivity index (χ0n) is 12.5. The second kappa shape index (κ2) is 7.48. The summed E-state index contributed by atoms with van der Waals surface area (Å²) in [4.78, 5) is 14.2. The zero-order valence-corrected chi connectivity index (χ0v) is 12.5. The Bertz CT molecular complexity index is 581. The summed E-state index contributed by atoms with van der Waals surface area (Å²) in [5.74, 6) is 0.152. The van der Waals surface area contributed by atoms with Gasteiger partial charge < -0.3 is 10.6 Å². The highest BCUT2D eigenvalue weighted by atomic mass is 16.2. The van der Waals surface area contributed by atoms with E-state index in [4.69, 9.17) is 5.73 Å². The van der Waals surface area contributed by atoms with E-state index in [0.717, 1.165) is 18.5 Å². The topological polar surface area (TPSA) is 46.3 Å². The number of carbonyl (C=O) groups excluding carboxylic acids is 1. The number of rotatable bonds is 6. The molecule has 0 spiro atoms. The molecule has 0 atom stereocenters. The number of benzene rings is 2. The third-order valence-corrected chi connectivity index (χ3v) is 3.50. The number of hydrogen-bond acceptors (Lipinski definition) is 2. The molecule has 0 aromatic heterocycles. The average Bonchev–Trinajstić information content (AvgIpc) is 2.49. The van der Waals surface area contributed by atoms with Crippen LogP contribution in [-0.4, -0.2) is 12.5 Å². The van der Waals surface area contributed by atoms with Gasteiger partial charge in [-0.3, -0.25) is 4.79 Å². The highest BCUT2D eigenvalue weighted by molar-refractivity contribution is 5.93. The number of amides is 1. The first-order valence-electron chi connectivity index (χ1n) is 7.40. The van der Waals surface area contributed by atoms with Crippen LogP contribution in [0.5, 0.6) is 0 Å². The molecule has 2 aromatic rings. The van der Waals surface area contributed by atoms with Crippen LogP contribution in [-0.2, 0) is 11.2 Å². The number of hydrogen-bond donors (Lipinski definition) is 1. The van der Waals surface area contributed by atoms with E-state index in [-0.39, 0.29) is 5.91 Å². The van der Waals surface area contributed by atoms with Crippen molar-refractivity contribution in [3.63, 3.8) is 0 Å². The van der Waals surface area contributed by atoms with Crippen LogP contribution in [0.15, 0.2) is 54.6 Å². The normalized spacial score (nSPS) is 10.3. The zero-order chi connectivity index (χ0) is 15.1. The SMILES string of the molecule is CCN(C(=O)CCCc1ccccc1)c1cccc(N)c1. The summed E-state index contributed by atoms with van der Waals surface area (Å²) >= 11 is 0. The minimum Gasteiger partial charge on any atom is -0.399 e. The van der Waals surface area contributed by atoms with Crippen molar-refractivity contribution in [2.75, 3.05) is 17.2 Å². The fraction of sp³-hybridized carbons (Fsp3) is 0.278. The Morgan fingerprint density at radius 3 is 2.52 bits per heavy atom. The molecule has 0 aliphatic rings. The molecule has 0 unspecified atom stereocenters. The van der Waals surface area contributed by atoms with Crippen molar-refractivity contribution in [2.45, 2.75) is 26.2 Å². The Morgan fingerprint density at radius 2 is 1.86 bits per heavy atom. The van der Waals surface area contributed by atoms with Crippen LogP contribution in [0, 0.1) is 0 Å². The lowest BCUT2D eigenvalue weighted by Crippen LogP contribution is -2.30. The smallest absolute Gasteiger partial charge is 0.226 e. The van der Waals surface area contributed by atoms with Crippen molar-refractivity contribution >= 4 is 17.3 Å². The van der Waals surface area contributed by atoms with Gasteiger partial charge in [0.2, 0.25) is 5.91 Å². The van der Waals surface area contributed by atoms with Gasteiger partial charge in [-0.25, -0.2) is 0 Å². The van der Waals surface area contributed by atoms with E-state index >= 15 is 0 Å². The summed E-state index contributed by atoms with van der Waals surface area (Å²) in [5.41, 5.74) is 8.63. The van der Waals surface area contributed by atoms with Gasteiger partial charge in [0.25, 0.3) is 0 Å². The molecule has 2 N–H and O–H groups in total. The van der Waals surface area contributed by atoms with E-state index in [1.54, 1.807) is 4.90 Å². The van der Waals surface area contributed by atoms with Gasteiger partial charge in [-0.1, -0.05) is 36.4 Å². The molecule has 0 radical (unpaired) electrons. The van der Waals surface area contributed by atoms with Crippen LogP contribution >= 0.6 is 0 Å². The maximum atomic E-state index is 12.4. The molecule has 0 heterocycles. The Balaban J connectivity index is 1.92. The second-order valence-corrected chi connectivity index (χ2v) is 5.07. The fourth-order valence-corrected chi connectivity index (χ4v) is 2.42. The first kappa shape index (κ1) is 15.1. The van der Waals surface area contributed by atoms with Crippen molar-refractivity contribution in [3.05, 3.63) is 60.2 Å². The molecule has 0 bridgehead atoms. The molecule has 1 amide bonds. The van der Waals surface area contributed by atoms with Gasteiger partial charge >= 0.3 is 0 Å². The summed E-state index contributed by atoms with van der Waals surface area (Å²) in [7, 11) is 0. The predicted molar refractivity (Wildman–Crippen MR) is 88.3 cm³/mol. The minimum absolute atomic E-state index is 0.152. The molecule has 21 heavy (non-hydrogen) atoms. The molecular weight excluding hydrogens is 260 g/mol. The third-order valence-electron chi connectivity index (χ3n) is 3.50. The lowest BCUT2D eigenvalue weighted by molar-refractivity contribution is -0.118. The van der Waals surface area contributed by atoms with Gasteiger partial charge in [-0.05, 0) is 43.5 Å². The molecule has 0 saturated heterocycles.